The van der Waals surface area contributed by atoms with Crippen LogP contribution in [0.4, 0.5) is 27.9 Å². The van der Waals surface area contributed by atoms with Crippen LogP contribution in [-0.2, 0) is 14.8 Å². The van der Waals surface area contributed by atoms with E-state index in [-0.39, 0.29) is 10.8 Å². The largest absolute Gasteiger partial charge is 0.378 e. The molecule has 1 saturated heterocycles. The van der Waals surface area contributed by atoms with Crippen molar-refractivity contribution >= 4 is 50.2 Å². The molecule has 6 rings (SSSR count). The molecule has 2 amide bonds. The standard InChI is InChI=1S/C28H25N9O4S/c38-28(33-21-8-10-22(11-9-21)42(39,40)36-27-30-13-2-14-31-27)32-20-6-4-19(5-7-20)24-34-25-23(3-1-12-29-25)26(35-24)37-15-17-41-18-16-37/h1-14H,15-18H2,(H,30,31,36)(H2,32,33,38). The van der Waals surface area contributed by atoms with Gasteiger partial charge in [0.25, 0.3) is 10.0 Å². The molecule has 0 unspecified atom stereocenters. The van der Waals surface area contributed by atoms with E-state index < -0.39 is 16.1 Å². The average Bonchev–Trinajstić information content (AvgIpc) is 3.02. The predicted octanol–water partition coefficient (Wildman–Crippen LogP) is 3.76. The lowest BCUT2D eigenvalue weighted by atomic mass is 10.2. The molecule has 0 radical (unpaired) electrons. The number of urea groups is 1. The van der Waals surface area contributed by atoms with Crippen molar-refractivity contribution in [2.45, 2.75) is 4.90 Å². The van der Waals surface area contributed by atoms with E-state index in [1.165, 1.54) is 36.7 Å². The molecule has 5 aromatic rings. The van der Waals surface area contributed by atoms with Gasteiger partial charge in [-0.15, -0.1) is 0 Å². The number of fused-ring (bicyclic) bond motifs is 1. The SMILES string of the molecule is O=C(Nc1ccc(-c2nc(N3CCOCC3)c3cccnc3n2)cc1)Nc1ccc(S(=O)(=O)Nc2ncccn2)cc1. The highest BCUT2D eigenvalue weighted by atomic mass is 32.2. The van der Waals surface area contributed by atoms with Crippen LogP contribution in [0, 0.1) is 0 Å². The predicted molar refractivity (Wildman–Crippen MR) is 158 cm³/mol. The van der Waals surface area contributed by atoms with Gasteiger partial charge in [-0.25, -0.2) is 42.9 Å². The first kappa shape index (κ1) is 27.0. The van der Waals surface area contributed by atoms with Crippen LogP contribution >= 0.6 is 0 Å². The van der Waals surface area contributed by atoms with Crippen molar-refractivity contribution in [1.29, 1.82) is 0 Å². The zero-order valence-electron chi connectivity index (χ0n) is 22.1. The van der Waals surface area contributed by atoms with Crippen LogP contribution in [0.1, 0.15) is 0 Å². The summed E-state index contributed by atoms with van der Waals surface area (Å²) in [5.41, 5.74) is 2.34. The second-order valence-corrected chi connectivity index (χ2v) is 10.9. The Hall–Kier alpha value is -5.21. The molecule has 1 aliphatic heterocycles. The summed E-state index contributed by atoms with van der Waals surface area (Å²) in [5.74, 6) is 1.31. The maximum absolute atomic E-state index is 12.6. The molecule has 2 aromatic carbocycles. The Morgan fingerprint density at radius 2 is 1.43 bits per heavy atom. The summed E-state index contributed by atoms with van der Waals surface area (Å²) in [6.45, 7) is 2.73. The summed E-state index contributed by atoms with van der Waals surface area (Å²) >= 11 is 0. The number of aromatic nitrogens is 5. The Morgan fingerprint density at radius 3 is 2.12 bits per heavy atom. The van der Waals surface area contributed by atoms with Gasteiger partial charge in [0, 0.05) is 48.6 Å². The second-order valence-electron chi connectivity index (χ2n) is 9.20. The molecule has 0 aliphatic carbocycles. The van der Waals surface area contributed by atoms with E-state index in [1.807, 2.05) is 24.3 Å². The highest BCUT2D eigenvalue weighted by Gasteiger charge is 2.19. The summed E-state index contributed by atoms with van der Waals surface area (Å²) in [5, 5.41) is 6.34. The topological polar surface area (TPSA) is 164 Å². The number of pyridine rings is 1. The number of ether oxygens (including phenoxy) is 1. The van der Waals surface area contributed by atoms with Crippen molar-refractivity contribution in [1.82, 2.24) is 24.9 Å². The minimum absolute atomic E-state index is 0.000568. The summed E-state index contributed by atoms with van der Waals surface area (Å²) in [7, 11) is -3.88. The highest BCUT2D eigenvalue weighted by Crippen LogP contribution is 2.28. The number of carbonyl (C=O) groups is 1. The molecule has 0 bridgehead atoms. The van der Waals surface area contributed by atoms with Gasteiger partial charge >= 0.3 is 6.03 Å². The van der Waals surface area contributed by atoms with Crippen LogP contribution in [0.15, 0.2) is 90.2 Å². The minimum Gasteiger partial charge on any atom is -0.378 e. The molecule has 0 atom stereocenters. The maximum atomic E-state index is 12.6. The number of benzene rings is 2. The van der Waals surface area contributed by atoms with Crippen molar-refractivity contribution in [2.75, 3.05) is 46.6 Å². The number of hydrogen-bond donors (Lipinski definition) is 3. The molecule has 13 nitrogen and oxygen atoms in total. The van der Waals surface area contributed by atoms with Crippen LogP contribution in [0.3, 0.4) is 0 Å². The Labute approximate surface area is 241 Å². The third kappa shape index (κ3) is 6.09. The summed E-state index contributed by atoms with van der Waals surface area (Å²) in [6, 6.07) is 17.8. The Morgan fingerprint density at radius 1 is 0.786 bits per heavy atom. The van der Waals surface area contributed by atoms with E-state index in [4.69, 9.17) is 9.72 Å². The molecule has 4 heterocycles. The Bertz CT molecular complexity index is 1820. The van der Waals surface area contributed by atoms with Crippen LogP contribution in [0.25, 0.3) is 22.4 Å². The molecule has 1 fully saturated rings. The summed E-state index contributed by atoms with van der Waals surface area (Å²) < 4.78 is 32.9. The van der Waals surface area contributed by atoms with Gasteiger partial charge in [0.05, 0.1) is 23.5 Å². The molecular weight excluding hydrogens is 558 g/mol. The average molecular weight is 584 g/mol. The summed E-state index contributed by atoms with van der Waals surface area (Å²) in [6.07, 6.45) is 4.57. The van der Waals surface area contributed by atoms with E-state index in [0.717, 1.165) is 29.9 Å². The van der Waals surface area contributed by atoms with Crippen LogP contribution in [-0.4, -0.2) is 65.7 Å². The number of nitrogens with zero attached hydrogens (tertiary/aromatic N) is 6. The number of nitrogens with one attached hydrogen (secondary N) is 3. The number of anilines is 4. The third-order valence-corrected chi connectivity index (χ3v) is 7.72. The third-order valence-electron chi connectivity index (χ3n) is 6.38. The lowest BCUT2D eigenvalue weighted by Gasteiger charge is -2.28. The molecule has 212 valence electrons. The van der Waals surface area contributed by atoms with E-state index in [2.05, 4.69) is 40.2 Å². The first-order chi connectivity index (χ1) is 20.4. The van der Waals surface area contributed by atoms with Gasteiger partial charge in [0.15, 0.2) is 11.5 Å². The fraction of sp³-hybridized carbons (Fsp3) is 0.143. The molecule has 0 saturated carbocycles. The summed E-state index contributed by atoms with van der Waals surface area (Å²) in [4.78, 5) is 36.5. The van der Waals surface area contributed by atoms with Crippen molar-refractivity contribution in [3.63, 3.8) is 0 Å². The monoisotopic (exact) mass is 583 g/mol. The van der Waals surface area contributed by atoms with E-state index >= 15 is 0 Å². The highest BCUT2D eigenvalue weighted by molar-refractivity contribution is 7.92. The zero-order chi connectivity index (χ0) is 28.9. The Kier molecular flexibility index (Phi) is 7.53. The van der Waals surface area contributed by atoms with Gasteiger partial charge < -0.3 is 20.3 Å². The molecule has 3 aromatic heterocycles. The van der Waals surface area contributed by atoms with Crippen molar-refractivity contribution < 1.29 is 17.9 Å². The van der Waals surface area contributed by atoms with Crippen LogP contribution in [0.2, 0.25) is 0 Å². The number of morpholine rings is 1. The molecule has 0 spiro atoms. The maximum Gasteiger partial charge on any atom is 0.323 e. The van der Waals surface area contributed by atoms with Crippen molar-refractivity contribution in [3.05, 3.63) is 85.3 Å². The van der Waals surface area contributed by atoms with E-state index in [9.17, 15) is 13.2 Å². The number of amides is 2. The molecule has 42 heavy (non-hydrogen) atoms. The molecule has 3 N–H and O–H groups in total. The van der Waals surface area contributed by atoms with E-state index in [1.54, 1.807) is 24.4 Å². The van der Waals surface area contributed by atoms with Gasteiger partial charge in [0.2, 0.25) is 5.95 Å². The quantitative estimate of drug-likeness (QED) is 0.257. The van der Waals surface area contributed by atoms with Crippen molar-refractivity contribution in [3.8, 4) is 11.4 Å². The van der Waals surface area contributed by atoms with Gasteiger partial charge in [-0.05, 0) is 66.7 Å². The van der Waals surface area contributed by atoms with Crippen molar-refractivity contribution in [2.24, 2.45) is 0 Å². The fourth-order valence-electron chi connectivity index (χ4n) is 4.34. The number of rotatable bonds is 7. The first-order valence-electron chi connectivity index (χ1n) is 13.0. The smallest absolute Gasteiger partial charge is 0.323 e. The number of sulfonamides is 1. The minimum atomic E-state index is -3.88. The van der Waals surface area contributed by atoms with Gasteiger partial charge in [-0.1, -0.05) is 0 Å². The van der Waals surface area contributed by atoms with E-state index in [0.29, 0.717) is 36.1 Å². The van der Waals surface area contributed by atoms with Crippen LogP contribution < -0.4 is 20.3 Å². The lowest BCUT2D eigenvalue weighted by molar-refractivity contribution is 0.122. The van der Waals surface area contributed by atoms with Gasteiger partial charge in [-0.2, -0.15) is 0 Å². The van der Waals surface area contributed by atoms with Crippen LogP contribution in [0.5, 0.6) is 0 Å². The number of carbonyl (C=O) groups excluding carboxylic acids is 1. The molecule has 1 aliphatic rings. The molecular formula is C28H25N9O4S. The van der Waals surface area contributed by atoms with Gasteiger partial charge in [0.1, 0.15) is 5.82 Å². The molecule has 14 heteroatoms. The second kappa shape index (κ2) is 11.7. The first-order valence-corrected chi connectivity index (χ1v) is 14.5. The fourth-order valence-corrected chi connectivity index (χ4v) is 5.29. The van der Waals surface area contributed by atoms with Gasteiger partial charge in [-0.3, -0.25) is 0 Å². The number of hydrogen-bond acceptors (Lipinski definition) is 10. The normalized spacial score (nSPS) is 13.5. The lowest BCUT2D eigenvalue weighted by Crippen LogP contribution is -2.37. The zero-order valence-corrected chi connectivity index (χ0v) is 23.0. The Balaban J connectivity index is 1.12.